The number of alkyl halides is 2. The monoisotopic (exact) mass is 446 g/mol. The standard InChI is InChI=1S/C23H25F3N4S/c1-22(25,26)11-18-10-19-20(27-15-28-21(19)31-18)30-9-7-23(14-30)6-8-29(13-23)12-16-2-4-17(24)5-3-16/h2-5,10,15H,6-9,11-14H2,1H3/t23-/m1/s1. The van der Waals surface area contributed by atoms with E-state index < -0.39 is 5.92 Å². The normalized spacial score (nSPS) is 22.3. The van der Waals surface area contributed by atoms with E-state index in [0.717, 1.165) is 74.1 Å². The summed E-state index contributed by atoms with van der Waals surface area (Å²) in [5.41, 5.74) is 1.34. The summed E-state index contributed by atoms with van der Waals surface area (Å²) in [6, 6.07) is 8.58. The van der Waals surface area contributed by atoms with Gasteiger partial charge in [-0.15, -0.1) is 11.3 Å². The lowest BCUT2D eigenvalue weighted by atomic mass is 9.86. The number of anilines is 1. The molecule has 8 heteroatoms. The predicted octanol–water partition coefficient (Wildman–Crippen LogP) is 5.13. The fourth-order valence-electron chi connectivity index (χ4n) is 5.00. The van der Waals surface area contributed by atoms with Crippen molar-refractivity contribution in [3.8, 4) is 0 Å². The number of rotatable bonds is 5. The third-order valence-corrected chi connectivity index (χ3v) is 7.46. The quantitative estimate of drug-likeness (QED) is 0.544. The van der Waals surface area contributed by atoms with Gasteiger partial charge < -0.3 is 4.90 Å². The van der Waals surface area contributed by atoms with Crippen LogP contribution in [0.15, 0.2) is 36.7 Å². The molecular formula is C23H25F3N4S. The van der Waals surface area contributed by atoms with E-state index in [1.165, 1.54) is 23.5 Å². The van der Waals surface area contributed by atoms with Gasteiger partial charge in [0.15, 0.2) is 0 Å². The van der Waals surface area contributed by atoms with Crippen molar-refractivity contribution in [1.82, 2.24) is 14.9 Å². The summed E-state index contributed by atoms with van der Waals surface area (Å²) in [5, 5.41) is 0.880. The van der Waals surface area contributed by atoms with Crippen LogP contribution in [-0.4, -0.2) is 47.0 Å². The van der Waals surface area contributed by atoms with Gasteiger partial charge in [-0.2, -0.15) is 0 Å². The van der Waals surface area contributed by atoms with Crippen molar-refractivity contribution in [1.29, 1.82) is 0 Å². The van der Waals surface area contributed by atoms with Gasteiger partial charge in [0.05, 0.1) is 5.39 Å². The third kappa shape index (κ3) is 4.41. The van der Waals surface area contributed by atoms with E-state index in [9.17, 15) is 13.2 Å². The number of nitrogens with zero attached hydrogens (tertiary/aromatic N) is 4. The Kier molecular flexibility index (Phi) is 5.17. The second-order valence-corrected chi connectivity index (χ2v) is 10.2. The third-order valence-electron chi connectivity index (χ3n) is 6.42. The Morgan fingerprint density at radius 2 is 1.87 bits per heavy atom. The fraction of sp³-hybridized carbons (Fsp3) is 0.478. The number of benzene rings is 1. The molecule has 164 valence electrons. The minimum Gasteiger partial charge on any atom is -0.355 e. The molecule has 4 nitrogen and oxygen atoms in total. The minimum atomic E-state index is -2.73. The lowest BCUT2D eigenvalue weighted by molar-refractivity contribution is 0.0234. The molecule has 2 aliphatic rings. The zero-order valence-electron chi connectivity index (χ0n) is 17.5. The summed E-state index contributed by atoms with van der Waals surface area (Å²) in [6.45, 7) is 5.63. The molecular weight excluding hydrogens is 421 g/mol. The minimum absolute atomic E-state index is 0.205. The molecule has 2 aromatic heterocycles. The van der Waals surface area contributed by atoms with Crippen LogP contribution in [-0.2, 0) is 13.0 Å². The first-order valence-electron chi connectivity index (χ1n) is 10.6. The molecule has 1 atom stereocenters. The van der Waals surface area contributed by atoms with Crippen molar-refractivity contribution < 1.29 is 13.2 Å². The van der Waals surface area contributed by atoms with E-state index in [4.69, 9.17) is 0 Å². The van der Waals surface area contributed by atoms with E-state index in [1.807, 2.05) is 18.2 Å². The van der Waals surface area contributed by atoms with Gasteiger partial charge in [0.1, 0.15) is 22.8 Å². The first kappa shape index (κ1) is 20.7. The molecule has 0 unspecified atom stereocenters. The molecule has 1 aromatic carbocycles. The van der Waals surface area contributed by atoms with Gasteiger partial charge >= 0.3 is 0 Å². The molecule has 1 spiro atoms. The number of hydrogen-bond donors (Lipinski definition) is 0. The summed E-state index contributed by atoms with van der Waals surface area (Å²) in [5.74, 6) is -2.08. The van der Waals surface area contributed by atoms with Crippen LogP contribution >= 0.6 is 11.3 Å². The number of fused-ring (bicyclic) bond motifs is 1. The average molecular weight is 447 g/mol. The van der Waals surface area contributed by atoms with Crippen molar-refractivity contribution in [2.24, 2.45) is 5.41 Å². The molecule has 2 fully saturated rings. The van der Waals surface area contributed by atoms with Gasteiger partial charge in [0.2, 0.25) is 5.92 Å². The van der Waals surface area contributed by atoms with Crippen molar-refractivity contribution in [2.45, 2.75) is 38.7 Å². The Morgan fingerprint density at radius 1 is 1.10 bits per heavy atom. The largest absolute Gasteiger partial charge is 0.355 e. The maximum atomic E-state index is 13.5. The SMILES string of the molecule is CC(F)(F)Cc1cc2c(N3CC[C@@]4(CCN(Cc5ccc(F)cc5)C4)C3)ncnc2s1. The summed E-state index contributed by atoms with van der Waals surface area (Å²) in [6.07, 6.45) is 3.48. The van der Waals surface area contributed by atoms with Crippen LogP contribution < -0.4 is 4.90 Å². The van der Waals surface area contributed by atoms with Crippen molar-refractivity contribution >= 4 is 27.4 Å². The highest BCUT2D eigenvalue weighted by molar-refractivity contribution is 7.18. The molecule has 31 heavy (non-hydrogen) atoms. The molecule has 4 heterocycles. The molecule has 2 saturated heterocycles. The van der Waals surface area contributed by atoms with Crippen LogP contribution in [0.25, 0.3) is 10.2 Å². The molecule has 2 aliphatic heterocycles. The number of aromatic nitrogens is 2. The zero-order valence-corrected chi connectivity index (χ0v) is 18.3. The Labute approximate surface area is 183 Å². The number of hydrogen-bond acceptors (Lipinski definition) is 5. The first-order valence-corrected chi connectivity index (χ1v) is 11.4. The van der Waals surface area contributed by atoms with E-state index in [0.29, 0.717) is 4.88 Å². The maximum absolute atomic E-state index is 13.5. The summed E-state index contributed by atoms with van der Waals surface area (Å²) in [4.78, 5) is 15.0. The van der Waals surface area contributed by atoms with Crippen molar-refractivity contribution in [2.75, 3.05) is 31.1 Å². The van der Waals surface area contributed by atoms with E-state index >= 15 is 0 Å². The van der Waals surface area contributed by atoms with E-state index in [2.05, 4.69) is 19.8 Å². The molecule has 3 aromatic rings. The van der Waals surface area contributed by atoms with E-state index in [-0.39, 0.29) is 17.7 Å². The maximum Gasteiger partial charge on any atom is 0.250 e. The van der Waals surface area contributed by atoms with Crippen LogP contribution in [0.2, 0.25) is 0 Å². The highest BCUT2D eigenvalue weighted by Gasteiger charge is 2.44. The van der Waals surface area contributed by atoms with Gasteiger partial charge in [0.25, 0.3) is 0 Å². The number of halogens is 3. The van der Waals surface area contributed by atoms with Crippen molar-refractivity contribution in [3.63, 3.8) is 0 Å². The van der Waals surface area contributed by atoms with Gasteiger partial charge in [-0.3, -0.25) is 4.90 Å². The first-order chi connectivity index (χ1) is 14.8. The highest BCUT2D eigenvalue weighted by atomic mass is 32.1. The number of likely N-dealkylation sites (tertiary alicyclic amines) is 1. The van der Waals surface area contributed by atoms with Gasteiger partial charge in [-0.05, 0) is 50.1 Å². The van der Waals surface area contributed by atoms with Crippen LogP contribution in [0.5, 0.6) is 0 Å². The molecule has 0 bridgehead atoms. The van der Waals surface area contributed by atoms with Gasteiger partial charge in [-0.1, -0.05) is 12.1 Å². The Balaban J connectivity index is 1.30. The summed E-state index contributed by atoms with van der Waals surface area (Å²) in [7, 11) is 0. The fourth-order valence-corrected chi connectivity index (χ4v) is 6.11. The van der Waals surface area contributed by atoms with Crippen molar-refractivity contribution in [3.05, 3.63) is 52.9 Å². The second kappa shape index (κ2) is 7.74. The number of thiophene rings is 1. The lowest BCUT2D eigenvalue weighted by Gasteiger charge is -2.25. The molecule has 0 N–H and O–H groups in total. The molecule has 0 aliphatic carbocycles. The molecule has 0 saturated carbocycles. The summed E-state index contributed by atoms with van der Waals surface area (Å²) >= 11 is 1.33. The Bertz CT molecular complexity index is 1080. The topological polar surface area (TPSA) is 32.3 Å². The molecule has 0 radical (unpaired) electrons. The molecule has 0 amide bonds. The Hall–Kier alpha value is -2.19. The smallest absolute Gasteiger partial charge is 0.250 e. The van der Waals surface area contributed by atoms with Gasteiger partial charge in [-0.25, -0.2) is 23.1 Å². The second-order valence-electron chi connectivity index (χ2n) is 9.13. The zero-order chi connectivity index (χ0) is 21.6. The predicted molar refractivity (Wildman–Crippen MR) is 117 cm³/mol. The Morgan fingerprint density at radius 3 is 2.65 bits per heavy atom. The van der Waals surface area contributed by atoms with Crippen LogP contribution in [0.3, 0.4) is 0 Å². The summed E-state index contributed by atoms with van der Waals surface area (Å²) < 4.78 is 40.1. The van der Waals surface area contributed by atoms with E-state index in [1.54, 1.807) is 6.33 Å². The average Bonchev–Trinajstić information content (AvgIpc) is 3.41. The van der Waals surface area contributed by atoms with Crippen LogP contribution in [0.4, 0.5) is 19.0 Å². The van der Waals surface area contributed by atoms with Gasteiger partial charge in [0, 0.05) is 42.9 Å². The highest BCUT2D eigenvalue weighted by Crippen LogP contribution is 2.43. The molecule has 5 rings (SSSR count). The van der Waals surface area contributed by atoms with Crippen LogP contribution in [0.1, 0.15) is 30.2 Å². The van der Waals surface area contributed by atoms with Crippen LogP contribution in [0, 0.1) is 11.2 Å². The lowest BCUT2D eigenvalue weighted by Crippen LogP contribution is -2.31.